The highest BCUT2D eigenvalue weighted by molar-refractivity contribution is 5.99. The molecule has 4 aromatic rings. The van der Waals surface area contributed by atoms with E-state index in [4.69, 9.17) is 0 Å². The summed E-state index contributed by atoms with van der Waals surface area (Å²) in [4.78, 5) is 21.9. The Hall–Kier alpha value is -4.81. The normalized spacial score (nSPS) is 11.3. The van der Waals surface area contributed by atoms with Gasteiger partial charge < -0.3 is 21.3 Å². The number of nitriles is 1. The van der Waals surface area contributed by atoms with Crippen molar-refractivity contribution in [1.82, 2.24) is 20.6 Å². The van der Waals surface area contributed by atoms with Crippen molar-refractivity contribution in [3.05, 3.63) is 107 Å². The lowest BCUT2D eigenvalue weighted by atomic mass is 10.1. The van der Waals surface area contributed by atoms with Crippen LogP contribution in [0.3, 0.4) is 0 Å². The summed E-state index contributed by atoms with van der Waals surface area (Å²) in [6.45, 7) is 3.90. The molecule has 0 radical (unpaired) electrons. The highest BCUT2D eigenvalue weighted by Gasteiger charge is 2.17. The molecule has 2 aromatic carbocycles. The number of hydrogen-bond donors (Lipinski definition) is 4. The number of likely N-dealkylation sites (N-methyl/N-ethyl adjacent to an activating group) is 1. The van der Waals surface area contributed by atoms with Gasteiger partial charge in [-0.25, -0.2) is 14.4 Å². The molecule has 9 heteroatoms. The lowest BCUT2D eigenvalue weighted by Crippen LogP contribution is -2.28. The predicted molar refractivity (Wildman–Crippen MR) is 151 cm³/mol. The Kier molecular flexibility index (Phi) is 9.16. The van der Waals surface area contributed by atoms with Crippen LogP contribution in [0.2, 0.25) is 0 Å². The van der Waals surface area contributed by atoms with Crippen LogP contribution in [0.4, 0.5) is 16.0 Å². The van der Waals surface area contributed by atoms with Crippen molar-refractivity contribution in [2.45, 2.75) is 19.5 Å². The Bertz CT molecular complexity index is 1430. The van der Waals surface area contributed by atoms with Crippen LogP contribution in [-0.2, 0) is 6.54 Å². The van der Waals surface area contributed by atoms with Crippen molar-refractivity contribution >= 4 is 17.5 Å². The van der Waals surface area contributed by atoms with Gasteiger partial charge in [0.15, 0.2) is 0 Å². The van der Waals surface area contributed by atoms with E-state index in [-0.39, 0.29) is 28.9 Å². The SMILES string of the molecule is CNCCNc1ccc(-c2ccc(CNc3ncc(C#N)cc3C(=O)N[C@@H](C)c3ccc(F)cc3)cc2)cn1. The van der Waals surface area contributed by atoms with Crippen LogP contribution in [0, 0.1) is 17.1 Å². The maximum atomic E-state index is 13.3. The number of carbonyl (C=O) groups is 1. The predicted octanol–water partition coefficient (Wildman–Crippen LogP) is 4.89. The van der Waals surface area contributed by atoms with Gasteiger partial charge in [-0.3, -0.25) is 4.79 Å². The summed E-state index contributed by atoms with van der Waals surface area (Å²) >= 11 is 0. The standard InChI is InChI=1S/C30H30FN7O/c1-20(23-7-10-26(31)11-8-23)38-30(39)27-15-22(16-32)18-37-29(27)36-17-21-3-5-24(6-4-21)25-9-12-28(35-19-25)34-14-13-33-2/h3-12,15,18-20,33H,13-14,17H2,1-2H3,(H,34,35)(H,36,37)(H,38,39)/t20-/m0/s1. The van der Waals surface area contributed by atoms with Crippen LogP contribution in [0.15, 0.2) is 79.1 Å². The molecule has 198 valence electrons. The summed E-state index contributed by atoms with van der Waals surface area (Å²) in [6.07, 6.45) is 3.27. The van der Waals surface area contributed by atoms with Gasteiger partial charge in [-0.15, -0.1) is 0 Å². The molecule has 0 unspecified atom stereocenters. The molecule has 39 heavy (non-hydrogen) atoms. The summed E-state index contributed by atoms with van der Waals surface area (Å²) in [5.41, 5.74) is 4.35. The molecule has 0 bridgehead atoms. The average Bonchev–Trinajstić information content (AvgIpc) is 2.97. The summed E-state index contributed by atoms with van der Waals surface area (Å²) in [5, 5.41) is 21.8. The Labute approximate surface area is 227 Å². The molecule has 1 amide bonds. The van der Waals surface area contributed by atoms with Crippen molar-refractivity contribution in [2.24, 2.45) is 0 Å². The molecule has 1 atom stereocenters. The molecule has 8 nitrogen and oxygen atoms in total. The van der Waals surface area contributed by atoms with E-state index in [0.717, 1.165) is 41.2 Å². The van der Waals surface area contributed by atoms with Crippen molar-refractivity contribution in [2.75, 3.05) is 30.8 Å². The van der Waals surface area contributed by atoms with E-state index < -0.39 is 0 Å². The zero-order valence-corrected chi connectivity index (χ0v) is 21.8. The summed E-state index contributed by atoms with van der Waals surface area (Å²) in [7, 11) is 1.91. The van der Waals surface area contributed by atoms with Gasteiger partial charge in [-0.05, 0) is 61.0 Å². The lowest BCUT2D eigenvalue weighted by molar-refractivity contribution is 0.0940. The van der Waals surface area contributed by atoms with Crippen LogP contribution in [0.1, 0.15) is 40.0 Å². The molecule has 0 aliphatic heterocycles. The van der Waals surface area contributed by atoms with Gasteiger partial charge in [-0.1, -0.05) is 36.4 Å². The fourth-order valence-corrected chi connectivity index (χ4v) is 3.93. The zero-order chi connectivity index (χ0) is 27.6. The number of halogens is 1. The molecule has 0 aliphatic carbocycles. The number of nitrogens with zero attached hydrogens (tertiary/aromatic N) is 3. The maximum absolute atomic E-state index is 13.3. The van der Waals surface area contributed by atoms with Gasteiger partial charge >= 0.3 is 0 Å². The largest absolute Gasteiger partial charge is 0.369 e. The first kappa shape index (κ1) is 27.2. The van der Waals surface area contributed by atoms with E-state index in [1.165, 1.54) is 24.4 Å². The van der Waals surface area contributed by atoms with Crippen LogP contribution >= 0.6 is 0 Å². The van der Waals surface area contributed by atoms with Crippen molar-refractivity contribution in [3.63, 3.8) is 0 Å². The number of pyridine rings is 2. The first-order valence-electron chi connectivity index (χ1n) is 12.6. The second-order valence-corrected chi connectivity index (χ2v) is 8.99. The van der Waals surface area contributed by atoms with Crippen molar-refractivity contribution in [3.8, 4) is 17.2 Å². The third kappa shape index (κ3) is 7.37. The molecule has 0 saturated heterocycles. The quantitative estimate of drug-likeness (QED) is 0.207. The van der Waals surface area contributed by atoms with Crippen LogP contribution in [-0.4, -0.2) is 36.0 Å². The van der Waals surface area contributed by atoms with Crippen molar-refractivity contribution < 1.29 is 9.18 Å². The van der Waals surface area contributed by atoms with Crippen LogP contribution in [0.25, 0.3) is 11.1 Å². The number of amides is 1. The van der Waals surface area contributed by atoms with Crippen LogP contribution in [0.5, 0.6) is 0 Å². The van der Waals surface area contributed by atoms with Crippen LogP contribution < -0.4 is 21.3 Å². The summed E-state index contributed by atoms with van der Waals surface area (Å²) < 4.78 is 13.3. The number of nitrogens with one attached hydrogen (secondary N) is 4. The zero-order valence-electron chi connectivity index (χ0n) is 21.8. The Morgan fingerprint density at radius 2 is 1.69 bits per heavy atom. The van der Waals surface area contributed by atoms with Gasteiger partial charge in [-0.2, -0.15) is 5.26 Å². The molecule has 2 heterocycles. The topological polar surface area (TPSA) is 115 Å². The van der Waals surface area contributed by atoms with E-state index in [0.29, 0.717) is 12.4 Å². The molecule has 4 N–H and O–H groups in total. The number of carbonyl (C=O) groups excluding carboxylic acids is 1. The minimum atomic E-state index is -0.384. The molecule has 0 saturated carbocycles. The summed E-state index contributed by atoms with van der Waals surface area (Å²) in [5.74, 6) is 0.472. The van der Waals surface area contributed by atoms with E-state index in [1.54, 1.807) is 12.1 Å². The van der Waals surface area contributed by atoms with Gasteiger partial charge in [0.2, 0.25) is 0 Å². The monoisotopic (exact) mass is 523 g/mol. The minimum absolute atomic E-state index is 0.258. The molecule has 4 rings (SSSR count). The van der Waals surface area contributed by atoms with Gasteiger partial charge in [0.25, 0.3) is 5.91 Å². The highest BCUT2D eigenvalue weighted by Crippen LogP contribution is 2.22. The molecular weight excluding hydrogens is 493 g/mol. The van der Waals surface area contributed by atoms with Crippen molar-refractivity contribution in [1.29, 1.82) is 5.26 Å². The van der Waals surface area contributed by atoms with E-state index in [9.17, 15) is 14.4 Å². The number of anilines is 2. The third-order valence-corrected chi connectivity index (χ3v) is 6.17. The van der Waals surface area contributed by atoms with E-state index in [1.807, 2.05) is 62.6 Å². The Morgan fingerprint density at radius 1 is 0.949 bits per heavy atom. The number of rotatable bonds is 11. The summed E-state index contributed by atoms with van der Waals surface area (Å²) in [6, 6.07) is 21.2. The average molecular weight is 524 g/mol. The first-order chi connectivity index (χ1) is 19.0. The second kappa shape index (κ2) is 13.1. The number of hydrogen-bond acceptors (Lipinski definition) is 7. The molecule has 0 aliphatic rings. The van der Waals surface area contributed by atoms with Gasteiger partial charge in [0, 0.05) is 37.6 Å². The Balaban J connectivity index is 1.41. The number of aromatic nitrogens is 2. The second-order valence-electron chi connectivity index (χ2n) is 8.99. The lowest BCUT2D eigenvalue weighted by Gasteiger charge is -2.16. The van der Waals surface area contributed by atoms with Gasteiger partial charge in [0.05, 0.1) is 17.2 Å². The fourth-order valence-electron chi connectivity index (χ4n) is 3.93. The number of benzene rings is 2. The Morgan fingerprint density at radius 3 is 2.36 bits per heavy atom. The third-order valence-electron chi connectivity index (χ3n) is 6.17. The minimum Gasteiger partial charge on any atom is -0.369 e. The highest BCUT2D eigenvalue weighted by atomic mass is 19.1. The van der Waals surface area contributed by atoms with E-state index >= 15 is 0 Å². The fraction of sp³-hybridized carbons (Fsp3) is 0.200. The smallest absolute Gasteiger partial charge is 0.255 e. The molecule has 2 aromatic heterocycles. The van der Waals surface area contributed by atoms with Gasteiger partial charge in [0.1, 0.15) is 23.5 Å². The molecular formula is C30H30FN7O. The molecule has 0 spiro atoms. The molecule has 0 fully saturated rings. The first-order valence-corrected chi connectivity index (χ1v) is 12.6. The maximum Gasteiger partial charge on any atom is 0.255 e. The van der Waals surface area contributed by atoms with E-state index in [2.05, 4.69) is 31.2 Å².